The highest BCUT2D eigenvalue weighted by Crippen LogP contribution is 2.29. The normalized spacial score (nSPS) is 16.8. The fourth-order valence-electron chi connectivity index (χ4n) is 2.02. The Morgan fingerprint density at radius 3 is 1.94 bits per heavy atom. The lowest BCUT2D eigenvalue weighted by molar-refractivity contribution is 0.274. The van der Waals surface area contributed by atoms with Crippen LogP contribution in [-0.2, 0) is 9.84 Å². The van der Waals surface area contributed by atoms with Gasteiger partial charge in [0.15, 0.2) is 9.84 Å². The minimum absolute atomic E-state index is 0.0851. The molecular weight excluding hydrogens is 234 g/mol. The average molecular weight is 263 g/mol. The molecular formula is C13H29NO2S. The Bertz CT molecular complexity index is 309. The summed E-state index contributed by atoms with van der Waals surface area (Å²) in [6, 6.07) is 0. The van der Waals surface area contributed by atoms with E-state index in [9.17, 15) is 8.42 Å². The average Bonchev–Trinajstić information content (AvgIpc) is 2.14. The van der Waals surface area contributed by atoms with E-state index in [0.29, 0.717) is 0 Å². The van der Waals surface area contributed by atoms with E-state index in [1.807, 2.05) is 7.05 Å². The molecule has 0 aromatic heterocycles. The predicted octanol–water partition coefficient (Wildman–Crippen LogP) is 2.62. The second-order valence-electron chi connectivity index (χ2n) is 6.27. The van der Waals surface area contributed by atoms with Crippen LogP contribution in [-0.4, -0.2) is 32.5 Å². The van der Waals surface area contributed by atoms with Crippen LogP contribution in [0.15, 0.2) is 0 Å². The highest BCUT2D eigenvalue weighted by molar-refractivity contribution is 7.92. The zero-order valence-electron chi connectivity index (χ0n) is 12.3. The van der Waals surface area contributed by atoms with Crippen molar-refractivity contribution in [2.24, 2.45) is 5.41 Å². The Kier molecular flexibility index (Phi) is 6.15. The van der Waals surface area contributed by atoms with Crippen LogP contribution in [0.25, 0.3) is 0 Å². The number of nitrogens with one attached hydrogen (secondary N) is 1. The molecule has 0 radical (unpaired) electrons. The number of sulfone groups is 1. The summed E-state index contributed by atoms with van der Waals surface area (Å²) in [5, 5.41) is 3.17. The lowest BCUT2D eigenvalue weighted by atomic mass is 9.83. The molecule has 0 aliphatic rings. The van der Waals surface area contributed by atoms with Crippen LogP contribution >= 0.6 is 0 Å². The quantitative estimate of drug-likeness (QED) is 0.768. The van der Waals surface area contributed by atoms with Crippen molar-refractivity contribution in [3.8, 4) is 0 Å². The number of hydrogen-bond donors (Lipinski definition) is 1. The lowest BCUT2D eigenvalue weighted by Gasteiger charge is -2.30. The maximum absolute atomic E-state index is 12.1. The molecule has 0 aliphatic carbocycles. The number of rotatable bonds is 7. The summed E-state index contributed by atoms with van der Waals surface area (Å²) in [7, 11) is -1.07. The fourth-order valence-corrected chi connectivity index (χ4v) is 3.39. The summed E-state index contributed by atoms with van der Waals surface area (Å²) in [6.07, 6.45) is 2.89. The zero-order valence-corrected chi connectivity index (χ0v) is 13.1. The Hall–Kier alpha value is -0.0900. The summed E-state index contributed by atoms with van der Waals surface area (Å²) >= 11 is 0. The largest absolute Gasteiger partial charge is 0.319 e. The van der Waals surface area contributed by atoms with E-state index in [1.54, 1.807) is 20.8 Å². The first-order chi connectivity index (χ1) is 7.58. The van der Waals surface area contributed by atoms with Gasteiger partial charge in [0.1, 0.15) is 0 Å². The maximum atomic E-state index is 12.1. The lowest BCUT2D eigenvalue weighted by Crippen LogP contribution is -2.36. The van der Waals surface area contributed by atoms with Gasteiger partial charge in [-0.15, -0.1) is 0 Å². The van der Waals surface area contributed by atoms with Gasteiger partial charge < -0.3 is 5.32 Å². The molecule has 0 saturated carbocycles. The first kappa shape index (κ1) is 16.9. The highest BCUT2D eigenvalue weighted by atomic mass is 32.2. The van der Waals surface area contributed by atoms with Gasteiger partial charge in [0.25, 0.3) is 0 Å². The highest BCUT2D eigenvalue weighted by Gasteiger charge is 2.32. The van der Waals surface area contributed by atoms with E-state index in [1.165, 1.54) is 0 Å². The molecule has 0 aromatic rings. The predicted molar refractivity (Wildman–Crippen MR) is 75.1 cm³/mol. The van der Waals surface area contributed by atoms with Gasteiger partial charge in [-0.2, -0.15) is 0 Å². The summed E-state index contributed by atoms with van der Waals surface area (Å²) in [4.78, 5) is 0. The van der Waals surface area contributed by atoms with Crippen molar-refractivity contribution >= 4 is 9.84 Å². The first-order valence-corrected chi connectivity index (χ1v) is 8.10. The van der Waals surface area contributed by atoms with Gasteiger partial charge in [-0.25, -0.2) is 8.42 Å². The molecule has 17 heavy (non-hydrogen) atoms. The minimum atomic E-state index is -3.00. The zero-order chi connectivity index (χ0) is 13.7. The van der Waals surface area contributed by atoms with Crippen molar-refractivity contribution < 1.29 is 8.42 Å². The molecule has 4 heteroatoms. The van der Waals surface area contributed by atoms with Crippen LogP contribution in [0.5, 0.6) is 0 Å². The summed E-state index contributed by atoms with van der Waals surface area (Å²) in [5.41, 5.74) is 0.0851. The van der Waals surface area contributed by atoms with Gasteiger partial charge in [-0.1, -0.05) is 20.3 Å². The molecule has 3 nitrogen and oxygen atoms in total. The topological polar surface area (TPSA) is 46.2 Å². The van der Waals surface area contributed by atoms with Crippen molar-refractivity contribution in [1.29, 1.82) is 0 Å². The molecule has 0 bridgehead atoms. The maximum Gasteiger partial charge on any atom is 0.155 e. The van der Waals surface area contributed by atoms with E-state index in [2.05, 4.69) is 19.2 Å². The summed E-state index contributed by atoms with van der Waals surface area (Å²) < 4.78 is 23.5. The standard InChI is InChI=1S/C13H29NO2S/c1-7-8-13(5,11-14-6)9-10-17(15,16)12(2,3)4/h14H,7-11H2,1-6H3. The third-order valence-corrected chi connectivity index (χ3v) is 5.97. The van der Waals surface area contributed by atoms with Crippen LogP contribution < -0.4 is 5.32 Å². The van der Waals surface area contributed by atoms with Gasteiger partial charge in [0.05, 0.1) is 10.5 Å². The Labute approximate surface area is 107 Å². The molecule has 0 rings (SSSR count). The van der Waals surface area contributed by atoms with Gasteiger partial charge in [-0.05, 0) is 46.1 Å². The molecule has 0 fully saturated rings. The molecule has 1 unspecified atom stereocenters. The summed E-state index contributed by atoms with van der Waals surface area (Å²) in [6.45, 7) is 10.5. The Balaban J connectivity index is 4.62. The first-order valence-electron chi connectivity index (χ1n) is 6.45. The van der Waals surface area contributed by atoms with Crippen molar-refractivity contribution in [3.05, 3.63) is 0 Å². The van der Waals surface area contributed by atoms with Gasteiger partial charge in [0.2, 0.25) is 0 Å². The van der Waals surface area contributed by atoms with E-state index in [4.69, 9.17) is 0 Å². The van der Waals surface area contributed by atoms with Crippen LogP contribution in [0.4, 0.5) is 0 Å². The molecule has 1 atom stereocenters. The smallest absolute Gasteiger partial charge is 0.155 e. The second kappa shape index (κ2) is 6.19. The van der Waals surface area contributed by atoms with Crippen LogP contribution in [0.1, 0.15) is 53.9 Å². The Morgan fingerprint density at radius 2 is 1.59 bits per heavy atom. The van der Waals surface area contributed by atoms with Crippen molar-refractivity contribution in [3.63, 3.8) is 0 Å². The Morgan fingerprint density at radius 1 is 1.06 bits per heavy atom. The molecule has 0 aromatic carbocycles. The van der Waals surface area contributed by atoms with Gasteiger partial charge in [-0.3, -0.25) is 0 Å². The van der Waals surface area contributed by atoms with E-state index >= 15 is 0 Å². The molecule has 0 heterocycles. The number of hydrogen-bond acceptors (Lipinski definition) is 3. The summed E-state index contributed by atoms with van der Waals surface area (Å²) in [5.74, 6) is 0.286. The van der Waals surface area contributed by atoms with Crippen molar-refractivity contribution in [2.75, 3.05) is 19.3 Å². The van der Waals surface area contributed by atoms with E-state index in [-0.39, 0.29) is 11.2 Å². The molecule has 0 spiro atoms. The SMILES string of the molecule is CCCC(C)(CCS(=O)(=O)C(C)(C)C)CNC. The molecule has 1 N–H and O–H groups in total. The van der Waals surface area contributed by atoms with Gasteiger partial charge >= 0.3 is 0 Å². The second-order valence-corrected chi connectivity index (χ2v) is 9.13. The van der Waals surface area contributed by atoms with Crippen molar-refractivity contribution in [2.45, 2.75) is 58.6 Å². The molecule has 0 aliphatic heterocycles. The molecule has 104 valence electrons. The fraction of sp³-hybridized carbons (Fsp3) is 1.00. The third kappa shape index (κ3) is 5.38. The van der Waals surface area contributed by atoms with Crippen LogP contribution in [0, 0.1) is 5.41 Å². The van der Waals surface area contributed by atoms with Gasteiger partial charge in [0, 0.05) is 6.54 Å². The third-order valence-electron chi connectivity index (χ3n) is 3.36. The molecule has 0 amide bonds. The van der Waals surface area contributed by atoms with E-state index in [0.717, 1.165) is 25.8 Å². The van der Waals surface area contributed by atoms with Crippen LogP contribution in [0.3, 0.4) is 0 Å². The monoisotopic (exact) mass is 263 g/mol. The van der Waals surface area contributed by atoms with Crippen molar-refractivity contribution in [1.82, 2.24) is 5.32 Å². The van der Waals surface area contributed by atoms with Crippen LogP contribution in [0.2, 0.25) is 0 Å². The van der Waals surface area contributed by atoms with E-state index < -0.39 is 14.6 Å². The minimum Gasteiger partial charge on any atom is -0.319 e. The molecule has 0 saturated heterocycles.